The van der Waals surface area contributed by atoms with Gasteiger partial charge in [0.15, 0.2) is 11.6 Å². The minimum absolute atomic E-state index is 0.103. The lowest BCUT2D eigenvalue weighted by Gasteiger charge is -2.28. The summed E-state index contributed by atoms with van der Waals surface area (Å²) in [6, 6.07) is 10.5. The highest BCUT2D eigenvalue weighted by Gasteiger charge is 2.30. The van der Waals surface area contributed by atoms with Gasteiger partial charge in [0.2, 0.25) is 0 Å². The topological polar surface area (TPSA) is 108 Å². The summed E-state index contributed by atoms with van der Waals surface area (Å²) in [6.45, 7) is 2.79. The van der Waals surface area contributed by atoms with Crippen LogP contribution in [0, 0.1) is 5.82 Å². The highest BCUT2D eigenvalue weighted by molar-refractivity contribution is 5.99. The molecule has 0 radical (unpaired) electrons. The van der Waals surface area contributed by atoms with Crippen LogP contribution in [0.2, 0.25) is 0 Å². The van der Waals surface area contributed by atoms with Crippen molar-refractivity contribution in [3.63, 3.8) is 0 Å². The van der Waals surface area contributed by atoms with Gasteiger partial charge in [-0.1, -0.05) is 12.1 Å². The van der Waals surface area contributed by atoms with Crippen LogP contribution in [-0.2, 0) is 11.2 Å². The summed E-state index contributed by atoms with van der Waals surface area (Å²) in [6.07, 6.45) is 6.44. The number of methoxy groups -OCH3 is 1. The Balaban J connectivity index is 1.38. The molecule has 2 aliphatic rings. The molecule has 0 aliphatic carbocycles. The van der Waals surface area contributed by atoms with Crippen LogP contribution in [0.3, 0.4) is 0 Å². The van der Waals surface area contributed by atoms with Crippen LogP contribution in [0.4, 0.5) is 10.1 Å². The van der Waals surface area contributed by atoms with Gasteiger partial charge in [0.25, 0.3) is 0 Å². The van der Waals surface area contributed by atoms with Crippen molar-refractivity contribution in [2.24, 2.45) is 5.73 Å². The normalized spacial score (nSPS) is 19.2. The second-order valence-corrected chi connectivity index (χ2v) is 10.0. The number of ketones is 1. The molecule has 2 aromatic heterocycles. The van der Waals surface area contributed by atoms with E-state index in [1.54, 1.807) is 18.2 Å². The second kappa shape index (κ2) is 10.7. The smallest absolute Gasteiger partial charge is 0.185 e. The number of benzene rings is 2. The van der Waals surface area contributed by atoms with Crippen molar-refractivity contribution >= 4 is 22.5 Å². The Bertz CT molecular complexity index is 1520. The number of fused-ring (bicyclic) bond motifs is 1. The van der Waals surface area contributed by atoms with Crippen LogP contribution >= 0.6 is 0 Å². The minimum Gasteiger partial charge on any atom is -0.496 e. The number of ether oxygens (including phenoxy) is 2. The summed E-state index contributed by atoms with van der Waals surface area (Å²) in [4.78, 5) is 29.4. The predicted molar refractivity (Wildman–Crippen MR) is 146 cm³/mol. The van der Waals surface area contributed by atoms with Gasteiger partial charge in [-0.2, -0.15) is 0 Å². The largest absolute Gasteiger partial charge is 0.496 e. The lowest BCUT2D eigenvalue weighted by atomic mass is 10.0. The SMILES string of the molecule is COc1cccc(F)c1-c1nccc(C(=O)Cc2ccc3c(ncn3[C@@H]3CCOC3)c2N2CCC[C@H]2CN)n1. The van der Waals surface area contributed by atoms with Crippen molar-refractivity contribution in [3.8, 4) is 17.1 Å². The van der Waals surface area contributed by atoms with Crippen molar-refractivity contribution < 1.29 is 18.7 Å². The zero-order valence-corrected chi connectivity index (χ0v) is 21.8. The number of hydrogen-bond donors (Lipinski definition) is 1. The molecular formula is C29H31FN6O3. The number of imidazole rings is 1. The average Bonchev–Trinajstić information content (AvgIpc) is 3.73. The Kier molecular flexibility index (Phi) is 6.97. The van der Waals surface area contributed by atoms with Crippen LogP contribution in [0.15, 0.2) is 48.9 Å². The Hall–Kier alpha value is -3.89. The Morgan fingerprint density at radius 2 is 2.10 bits per heavy atom. The van der Waals surface area contributed by atoms with E-state index in [0.29, 0.717) is 18.9 Å². The fourth-order valence-corrected chi connectivity index (χ4v) is 5.79. The maximum atomic E-state index is 14.7. The third kappa shape index (κ3) is 4.63. The highest BCUT2D eigenvalue weighted by Crippen LogP contribution is 2.37. The van der Waals surface area contributed by atoms with E-state index in [9.17, 15) is 9.18 Å². The molecule has 10 heteroatoms. The first-order valence-corrected chi connectivity index (χ1v) is 13.3. The number of hydrogen-bond acceptors (Lipinski definition) is 8. The molecule has 2 aromatic carbocycles. The van der Waals surface area contributed by atoms with Crippen LogP contribution in [0.5, 0.6) is 5.75 Å². The fourth-order valence-electron chi connectivity index (χ4n) is 5.79. The van der Waals surface area contributed by atoms with Gasteiger partial charge < -0.3 is 24.7 Å². The van der Waals surface area contributed by atoms with Gasteiger partial charge in [0.05, 0.1) is 42.9 Å². The third-order valence-electron chi connectivity index (χ3n) is 7.75. The number of carbonyl (C=O) groups excluding carboxylic acids is 1. The molecule has 0 bridgehead atoms. The number of aromatic nitrogens is 4. The summed E-state index contributed by atoms with van der Waals surface area (Å²) in [5.74, 6) is -0.303. The van der Waals surface area contributed by atoms with E-state index in [0.717, 1.165) is 54.7 Å². The maximum absolute atomic E-state index is 14.7. The first-order valence-electron chi connectivity index (χ1n) is 13.3. The molecule has 0 saturated carbocycles. The van der Waals surface area contributed by atoms with Crippen molar-refractivity contribution in [2.45, 2.75) is 37.8 Å². The van der Waals surface area contributed by atoms with E-state index in [4.69, 9.17) is 20.2 Å². The monoisotopic (exact) mass is 530 g/mol. The van der Waals surface area contributed by atoms with E-state index in [-0.39, 0.29) is 41.4 Å². The van der Waals surface area contributed by atoms with E-state index >= 15 is 0 Å². The van der Waals surface area contributed by atoms with Crippen molar-refractivity contribution in [1.82, 2.24) is 19.5 Å². The third-order valence-corrected chi connectivity index (χ3v) is 7.75. The quantitative estimate of drug-likeness (QED) is 0.341. The number of nitrogens with zero attached hydrogens (tertiary/aromatic N) is 5. The summed E-state index contributed by atoms with van der Waals surface area (Å²) in [5, 5.41) is 0. The predicted octanol–water partition coefficient (Wildman–Crippen LogP) is 3.96. The molecule has 9 nitrogen and oxygen atoms in total. The molecule has 2 fully saturated rings. The van der Waals surface area contributed by atoms with Gasteiger partial charge in [-0.05, 0) is 49.1 Å². The van der Waals surface area contributed by atoms with E-state index in [1.807, 2.05) is 18.5 Å². The average molecular weight is 531 g/mol. The number of anilines is 1. The van der Waals surface area contributed by atoms with Gasteiger partial charge in [-0.25, -0.2) is 19.3 Å². The lowest BCUT2D eigenvalue weighted by Crippen LogP contribution is -2.36. The summed E-state index contributed by atoms with van der Waals surface area (Å²) < 4.78 is 27.8. The number of Topliss-reactive ketones (excluding diaryl/α,β-unsaturated/α-hetero) is 1. The van der Waals surface area contributed by atoms with Gasteiger partial charge in [0, 0.05) is 38.4 Å². The Morgan fingerprint density at radius 3 is 2.90 bits per heavy atom. The molecule has 202 valence electrons. The molecule has 4 aromatic rings. The number of halogens is 1. The van der Waals surface area contributed by atoms with Crippen LogP contribution in [-0.4, -0.2) is 64.8 Å². The molecule has 0 spiro atoms. The highest BCUT2D eigenvalue weighted by atomic mass is 19.1. The van der Waals surface area contributed by atoms with Gasteiger partial charge >= 0.3 is 0 Å². The second-order valence-electron chi connectivity index (χ2n) is 10.0. The Labute approximate surface area is 225 Å². The number of carbonyl (C=O) groups is 1. The van der Waals surface area contributed by atoms with Crippen LogP contribution in [0.1, 0.15) is 41.4 Å². The molecule has 2 N–H and O–H groups in total. The molecule has 2 atom stereocenters. The van der Waals surface area contributed by atoms with Crippen molar-refractivity contribution in [3.05, 3.63) is 66.0 Å². The van der Waals surface area contributed by atoms with E-state index in [1.165, 1.54) is 19.4 Å². The summed E-state index contributed by atoms with van der Waals surface area (Å²) >= 11 is 0. The van der Waals surface area contributed by atoms with Crippen LogP contribution in [0.25, 0.3) is 22.4 Å². The molecular weight excluding hydrogens is 499 g/mol. The molecule has 4 heterocycles. The number of nitrogens with two attached hydrogens (primary N) is 1. The van der Waals surface area contributed by atoms with Gasteiger partial charge in [-0.3, -0.25) is 4.79 Å². The summed E-state index contributed by atoms with van der Waals surface area (Å²) in [7, 11) is 1.46. The standard InChI is InChI=1S/C29H31FN6O3/c1-38-25-6-2-5-21(30)26(25)29-32-11-9-22(34-29)24(37)14-18-7-8-23-27(28(18)35-12-3-4-19(35)15-31)33-17-36(23)20-10-13-39-16-20/h2,5-9,11,17,19-20H,3-4,10,12-16,31H2,1H3/t19-,20+/m0/s1. The molecule has 6 rings (SSSR count). The first kappa shape index (κ1) is 25.4. The summed E-state index contributed by atoms with van der Waals surface area (Å²) in [5.41, 5.74) is 10.2. The maximum Gasteiger partial charge on any atom is 0.185 e. The van der Waals surface area contributed by atoms with E-state index < -0.39 is 5.82 Å². The number of rotatable bonds is 8. The van der Waals surface area contributed by atoms with Crippen molar-refractivity contribution in [1.29, 1.82) is 0 Å². The molecule has 0 unspecified atom stereocenters. The van der Waals surface area contributed by atoms with Gasteiger partial charge in [-0.15, -0.1) is 0 Å². The lowest BCUT2D eigenvalue weighted by molar-refractivity contribution is 0.0988. The molecule has 39 heavy (non-hydrogen) atoms. The van der Waals surface area contributed by atoms with Gasteiger partial charge in [0.1, 0.15) is 22.8 Å². The molecule has 2 aliphatic heterocycles. The fraction of sp³-hybridized carbons (Fsp3) is 0.379. The Morgan fingerprint density at radius 1 is 1.21 bits per heavy atom. The minimum atomic E-state index is -0.517. The van der Waals surface area contributed by atoms with Crippen LogP contribution < -0.4 is 15.4 Å². The molecule has 0 amide bonds. The molecule has 2 saturated heterocycles. The first-order chi connectivity index (χ1) is 19.1. The van der Waals surface area contributed by atoms with E-state index in [2.05, 4.69) is 19.4 Å². The zero-order chi connectivity index (χ0) is 26.9. The zero-order valence-electron chi connectivity index (χ0n) is 21.8. The van der Waals surface area contributed by atoms with Crippen molar-refractivity contribution in [2.75, 3.05) is 38.3 Å².